The first-order valence-electron chi connectivity index (χ1n) is 6.35. The Bertz CT molecular complexity index is 699. The number of aromatic nitrogens is 2. The van der Waals surface area contributed by atoms with Gasteiger partial charge in [-0.05, 0) is 19.8 Å². The molecule has 1 aliphatic carbocycles. The van der Waals surface area contributed by atoms with Crippen molar-refractivity contribution in [1.82, 2.24) is 9.97 Å². The van der Waals surface area contributed by atoms with Gasteiger partial charge in [0.25, 0.3) is 5.69 Å². The number of nitro benzene ring substituents is 1. The van der Waals surface area contributed by atoms with Crippen molar-refractivity contribution in [3.8, 4) is 11.3 Å². The average Bonchev–Trinajstić information content (AvgIpc) is 3.26. The van der Waals surface area contributed by atoms with E-state index >= 15 is 0 Å². The number of hydrogen-bond acceptors (Lipinski definition) is 4. The van der Waals surface area contributed by atoms with Crippen LogP contribution in [-0.2, 0) is 0 Å². The zero-order chi connectivity index (χ0) is 14.3. The van der Waals surface area contributed by atoms with Crippen molar-refractivity contribution < 1.29 is 4.92 Å². The lowest BCUT2D eigenvalue weighted by atomic mass is 10.1. The number of nitrogens with zero attached hydrogens (tertiary/aromatic N) is 3. The normalized spacial score (nSPS) is 14.3. The van der Waals surface area contributed by atoms with Crippen LogP contribution in [0.15, 0.2) is 24.3 Å². The lowest BCUT2D eigenvalue weighted by Crippen LogP contribution is -2.00. The third kappa shape index (κ3) is 2.36. The summed E-state index contributed by atoms with van der Waals surface area (Å²) in [5, 5.41) is 11.3. The van der Waals surface area contributed by atoms with Gasteiger partial charge < -0.3 is 0 Å². The zero-order valence-electron chi connectivity index (χ0n) is 10.8. The zero-order valence-corrected chi connectivity index (χ0v) is 11.6. The molecule has 0 radical (unpaired) electrons. The molecule has 1 saturated carbocycles. The van der Waals surface area contributed by atoms with Gasteiger partial charge in [0.2, 0.25) is 0 Å². The lowest BCUT2D eigenvalue weighted by molar-refractivity contribution is -0.384. The number of halogens is 1. The second-order valence-electron chi connectivity index (χ2n) is 4.93. The molecule has 1 heterocycles. The van der Waals surface area contributed by atoms with E-state index < -0.39 is 4.92 Å². The largest absolute Gasteiger partial charge is 0.270 e. The Balaban J connectivity index is 2.13. The molecule has 3 rings (SSSR count). The summed E-state index contributed by atoms with van der Waals surface area (Å²) in [4.78, 5) is 19.3. The van der Waals surface area contributed by atoms with Gasteiger partial charge in [0.15, 0.2) is 0 Å². The highest BCUT2D eigenvalue weighted by molar-refractivity contribution is 6.30. The monoisotopic (exact) mass is 289 g/mol. The van der Waals surface area contributed by atoms with Gasteiger partial charge in [0.05, 0.1) is 10.6 Å². The standard InChI is InChI=1S/C14H12ClN3O2/c1-8-12(10-3-2-4-11(7-10)18(19)20)16-14(9-5-6-9)17-13(8)15/h2-4,7,9H,5-6H2,1H3. The van der Waals surface area contributed by atoms with Crippen LogP contribution in [0.5, 0.6) is 0 Å². The van der Waals surface area contributed by atoms with Crippen LogP contribution in [0.2, 0.25) is 5.15 Å². The molecule has 20 heavy (non-hydrogen) atoms. The van der Waals surface area contributed by atoms with Crippen LogP contribution in [-0.4, -0.2) is 14.9 Å². The number of nitro groups is 1. The first kappa shape index (κ1) is 13.0. The first-order valence-corrected chi connectivity index (χ1v) is 6.73. The van der Waals surface area contributed by atoms with Crippen molar-refractivity contribution in [2.75, 3.05) is 0 Å². The number of hydrogen-bond donors (Lipinski definition) is 0. The smallest absolute Gasteiger partial charge is 0.258 e. The van der Waals surface area contributed by atoms with Crippen LogP contribution < -0.4 is 0 Å². The molecular weight excluding hydrogens is 278 g/mol. The Kier molecular flexibility index (Phi) is 3.14. The van der Waals surface area contributed by atoms with Crippen LogP contribution in [0, 0.1) is 17.0 Å². The van der Waals surface area contributed by atoms with Crippen LogP contribution in [0.1, 0.15) is 30.1 Å². The molecule has 1 aromatic heterocycles. The molecule has 1 fully saturated rings. The minimum atomic E-state index is -0.413. The topological polar surface area (TPSA) is 68.9 Å². The molecule has 6 heteroatoms. The van der Waals surface area contributed by atoms with Crippen LogP contribution in [0.25, 0.3) is 11.3 Å². The fourth-order valence-electron chi connectivity index (χ4n) is 2.08. The van der Waals surface area contributed by atoms with Crippen LogP contribution in [0.3, 0.4) is 0 Å². The molecule has 102 valence electrons. The van der Waals surface area contributed by atoms with E-state index in [4.69, 9.17) is 11.6 Å². The van der Waals surface area contributed by atoms with Crippen LogP contribution >= 0.6 is 11.6 Å². The summed E-state index contributed by atoms with van der Waals surface area (Å²) in [5.74, 6) is 1.12. The molecule has 0 N–H and O–H groups in total. The summed E-state index contributed by atoms with van der Waals surface area (Å²) in [6, 6.07) is 6.43. The molecular formula is C14H12ClN3O2. The Morgan fingerprint density at radius 2 is 2.10 bits per heavy atom. The summed E-state index contributed by atoms with van der Waals surface area (Å²) >= 11 is 6.16. The molecule has 2 aromatic rings. The highest BCUT2D eigenvalue weighted by atomic mass is 35.5. The fraction of sp³-hybridized carbons (Fsp3) is 0.286. The SMILES string of the molecule is Cc1c(Cl)nc(C2CC2)nc1-c1cccc([N+](=O)[O-])c1. The molecule has 5 nitrogen and oxygen atoms in total. The summed E-state index contributed by atoms with van der Waals surface area (Å²) in [6.07, 6.45) is 2.15. The van der Waals surface area contributed by atoms with E-state index in [2.05, 4.69) is 9.97 Å². The Hall–Kier alpha value is -2.01. The van der Waals surface area contributed by atoms with Gasteiger partial charge in [0, 0.05) is 29.2 Å². The molecule has 1 aromatic carbocycles. The van der Waals surface area contributed by atoms with Gasteiger partial charge in [0.1, 0.15) is 11.0 Å². The highest BCUT2D eigenvalue weighted by Crippen LogP contribution is 2.40. The third-order valence-electron chi connectivity index (χ3n) is 3.38. The second-order valence-corrected chi connectivity index (χ2v) is 5.29. The maximum atomic E-state index is 10.9. The van der Waals surface area contributed by atoms with Crippen molar-refractivity contribution in [2.45, 2.75) is 25.7 Å². The quantitative estimate of drug-likeness (QED) is 0.488. The molecule has 0 amide bonds. The van der Waals surface area contributed by atoms with Gasteiger partial charge >= 0.3 is 0 Å². The molecule has 0 spiro atoms. The Labute approximate surface area is 120 Å². The van der Waals surface area contributed by atoms with E-state index in [1.807, 2.05) is 6.92 Å². The minimum Gasteiger partial charge on any atom is -0.258 e. The summed E-state index contributed by atoms with van der Waals surface area (Å²) in [7, 11) is 0. The molecule has 0 atom stereocenters. The van der Waals surface area contributed by atoms with E-state index in [1.165, 1.54) is 12.1 Å². The third-order valence-corrected chi connectivity index (χ3v) is 3.74. The second kappa shape index (κ2) is 4.83. The molecule has 0 unspecified atom stereocenters. The lowest BCUT2D eigenvalue weighted by Gasteiger charge is -2.09. The summed E-state index contributed by atoms with van der Waals surface area (Å²) in [5.41, 5.74) is 2.17. The molecule has 0 saturated heterocycles. The maximum absolute atomic E-state index is 10.9. The highest BCUT2D eigenvalue weighted by Gasteiger charge is 2.28. The van der Waals surface area contributed by atoms with Crippen molar-refractivity contribution in [3.63, 3.8) is 0 Å². The van der Waals surface area contributed by atoms with E-state index in [9.17, 15) is 10.1 Å². The minimum absolute atomic E-state index is 0.0459. The Morgan fingerprint density at radius 1 is 1.35 bits per heavy atom. The predicted octanol–water partition coefficient (Wildman–Crippen LogP) is 3.89. The number of rotatable bonds is 3. The molecule has 0 bridgehead atoms. The first-order chi connectivity index (χ1) is 9.56. The van der Waals surface area contributed by atoms with Crippen molar-refractivity contribution in [1.29, 1.82) is 0 Å². The molecule has 1 aliphatic rings. The number of non-ortho nitro benzene ring substituents is 1. The van der Waals surface area contributed by atoms with Crippen molar-refractivity contribution >= 4 is 17.3 Å². The maximum Gasteiger partial charge on any atom is 0.270 e. The number of benzene rings is 1. The van der Waals surface area contributed by atoms with E-state index in [-0.39, 0.29) is 5.69 Å². The summed E-state index contributed by atoms with van der Waals surface area (Å²) < 4.78 is 0. The predicted molar refractivity (Wildman–Crippen MR) is 75.8 cm³/mol. The van der Waals surface area contributed by atoms with Gasteiger partial charge in [-0.3, -0.25) is 10.1 Å². The summed E-state index contributed by atoms with van der Waals surface area (Å²) in [6.45, 7) is 1.83. The van der Waals surface area contributed by atoms with Gasteiger partial charge in [-0.1, -0.05) is 23.7 Å². The van der Waals surface area contributed by atoms with Gasteiger partial charge in [-0.15, -0.1) is 0 Å². The molecule has 0 aliphatic heterocycles. The van der Waals surface area contributed by atoms with Crippen molar-refractivity contribution in [2.24, 2.45) is 0 Å². The Morgan fingerprint density at radius 3 is 2.75 bits per heavy atom. The van der Waals surface area contributed by atoms with E-state index in [0.29, 0.717) is 22.3 Å². The average molecular weight is 290 g/mol. The van der Waals surface area contributed by atoms with Gasteiger partial charge in [-0.25, -0.2) is 9.97 Å². The van der Waals surface area contributed by atoms with E-state index in [1.54, 1.807) is 12.1 Å². The van der Waals surface area contributed by atoms with E-state index in [0.717, 1.165) is 24.2 Å². The van der Waals surface area contributed by atoms with Crippen molar-refractivity contribution in [3.05, 3.63) is 50.9 Å². The fourth-order valence-corrected chi connectivity index (χ4v) is 2.25. The van der Waals surface area contributed by atoms with Gasteiger partial charge in [-0.2, -0.15) is 0 Å². The van der Waals surface area contributed by atoms with Crippen LogP contribution in [0.4, 0.5) is 5.69 Å².